The second-order valence-electron chi connectivity index (χ2n) is 6.28. The average Bonchev–Trinajstić information content (AvgIpc) is 2.69. The lowest BCUT2D eigenvalue weighted by Gasteiger charge is -2.36. The van der Waals surface area contributed by atoms with Gasteiger partial charge in [0.15, 0.2) is 0 Å². The molecule has 1 fully saturated rings. The summed E-state index contributed by atoms with van der Waals surface area (Å²) < 4.78 is 26.8. The Labute approximate surface area is 154 Å². The third-order valence-electron chi connectivity index (χ3n) is 4.62. The van der Waals surface area contributed by atoms with Gasteiger partial charge in [0.1, 0.15) is 0 Å². The van der Waals surface area contributed by atoms with E-state index in [0.717, 1.165) is 5.69 Å². The van der Waals surface area contributed by atoms with Crippen LogP contribution in [0, 0.1) is 0 Å². The van der Waals surface area contributed by atoms with Gasteiger partial charge in [0, 0.05) is 31.9 Å². The summed E-state index contributed by atoms with van der Waals surface area (Å²) in [7, 11) is -3.47. The van der Waals surface area contributed by atoms with Crippen LogP contribution in [0.15, 0.2) is 65.6 Å². The van der Waals surface area contributed by atoms with Gasteiger partial charge in [0.25, 0.3) is 0 Å². The maximum Gasteiger partial charge on any atom is 0.243 e. The molecule has 3 rings (SSSR count). The van der Waals surface area contributed by atoms with Crippen molar-refractivity contribution in [3.63, 3.8) is 0 Å². The summed E-state index contributed by atoms with van der Waals surface area (Å²) in [6, 6.07) is 17.4. The first-order valence-corrected chi connectivity index (χ1v) is 10.1. The van der Waals surface area contributed by atoms with E-state index in [-0.39, 0.29) is 11.9 Å². The molecule has 0 aromatic heterocycles. The molecule has 2 aromatic rings. The second kappa shape index (κ2) is 7.99. The fourth-order valence-corrected chi connectivity index (χ4v) is 4.45. The van der Waals surface area contributed by atoms with Crippen LogP contribution in [0.3, 0.4) is 0 Å². The van der Waals surface area contributed by atoms with E-state index in [9.17, 15) is 13.2 Å². The molecule has 6 nitrogen and oxygen atoms in total. The monoisotopic (exact) mass is 373 g/mol. The molecule has 2 aromatic carbocycles. The van der Waals surface area contributed by atoms with Gasteiger partial charge in [0.05, 0.1) is 10.9 Å². The molecule has 1 aliphatic rings. The molecule has 0 aliphatic carbocycles. The van der Waals surface area contributed by atoms with E-state index in [0.29, 0.717) is 31.1 Å². The van der Waals surface area contributed by atoms with E-state index >= 15 is 0 Å². The Hall–Kier alpha value is -2.22. The molecular formula is C19H23N3O3S. The van der Waals surface area contributed by atoms with Gasteiger partial charge in [-0.1, -0.05) is 36.4 Å². The third-order valence-corrected chi connectivity index (χ3v) is 6.54. The minimum atomic E-state index is -3.47. The number of rotatable bonds is 5. The van der Waals surface area contributed by atoms with Crippen LogP contribution in [-0.2, 0) is 14.8 Å². The maximum absolute atomic E-state index is 12.7. The van der Waals surface area contributed by atoms with Gasteiger partial charge in [-0.05, 0) is 31.2 Å². The minimum Gasteiger partial charge on any atom is -0.325 e. The van der Waals surface area contributed by atoms with Crippen molar-refractivity contribution in [3.8, 4) is 0 Å². The van der Waals surface area contributed by atoms with Crippen LogP contribution >= 0.6 is 0 Å². The molecule has 1 aliphatic heterocycles. The number of hydrogen-bond acceptors (Lipinski definition) is 4. The van der Waals surface area contributed by atoms with Crippen molar-refractivity contribution >= 4 is 21.6 Å². The Bertz CT molecular complexity index is 833. The van der Waals surface area contributed by atoms with Gasteiger partial charge in [-0.25, -0.2) is 8.42 Å². The number of nitrogens with zero attached hydrogens (tertiary/aromatic N) is 2. The normalized spacial score (nSPS) is 17.6. The van der Waals surface area contributed by atoms with Crippen molar-refractivity contribution in [2.24, 2.45) is 0 Å². The van der Waals surface area contributed by atoms with E-state index in [1.165, 1.54) is 4.31 Å². The van der Waals surface area contributed by atoms with Crippen molar-refractivity contribution in [2.45, 2.75) is 17.9 Å². The van der Waals surface area contributed by atoms with Gasteiger partial charge in [0.2, 0.25) is 15.9 Å². The van der Waals surface area contributed by atoms with E-state index in [1.54, 1.807) is 30.3 Å². The first-order valence-electron chi connectivity index (χ1n) is 8.63. The number of amides is 1. The minimum absolute atomic E-state index is 0.0874. The predicted octanol–water partition coefficient (Wildman–Crippen LogP) is 2.02. The van der Waals surface area contributed by atoms with Crippen molar-refractivity contribution in [2.75, 3.05) is 31.5 Å². The zero-order valence-corrected chi connectivity index (χ0v) is 15.5. The number of hydrogen-bond donors (Lipinski definition) is 1. The quantitative estimate of drug-likeness (QED) is 0.871. The molecule has 0 unspecified atom stereocenters. The Kier molecular flexibility index (Phi) is 5.70. The molecule has 0 spiro atoms. The number of sulfonamides is 1. The summed E-state index contributed by atoms with van der Waals surface area (Å²) >= 11 is 0. The third kappa shape index (κ3) is 4.12. The smallest absolute Gasteiger partial charge is 0.243 e. The number of anilines is 1. The summed E-state index contributed by atoms with van der Waals surface area (Å²) in [6.07, 6.45) is 0. The average molecular weight is 373 g/mol. The Morgan fingerprint density at radius 1 is 0.923 bits per heavy atom. The van der Waals surface area contributed by atoms with Crippen LogP contribution in [0.4, 0.5) is 5.69 Å². The topological polar surface area (TPSA) is 69.7 Å². The fourth-order valence-electron chi connectivity index (χ4n) is 3.01. The fraction of sp³-hybridized carbons (Fsp3) is 0.316. The lowest BCUT2D eigenvalue weighted by Crippen LogP contribution is -2.53. The van der Waals surface area contributed by atoms with E-state index in [1.807, 2.05) is 42.2 Å². The zero-order valence-electron chi connectivity index (χ0n) is 14.7. The summed E-state index contributed by atoms with van der Waals surface area (Å²) in [5.41, 5.74) is 0.759. The molecule has 1 atom stereocenters. The van der Waals surface area contributed by atoms with Gasteiger partial charge < -0.3 is 5.32 Å². The molecule has 1 amide bonds. The molecule has 1 saturated heterocycles. The highest BCUT2D eigenvalue weighted by atomic mass is 32.2. The maximum atomic E-state index is 12.7. The molecule has 1 heterocycles. The van der Waals surface area contributed by atoms with Gasteiger partial charge in [-0.2, -0.15) is 4.31 Å². The number of benzene rings is 2. The van der Waals surface area contributed by atoms with Gasteiger partial charge in [-0.3, -0.25) is 9.69 Å². The predicted molar refractivity (Wildman–Crippen MR) is 101 cm³/mol. The number of nitrogens with one attached hydrogen (secondary N) is 1. The SMILES string of the molecule is C[C@H](C(=O)Nc1ccccc1)N1CCN(S(=O)(=O)c2ccccc2)CC1. The number of piperazine rings is 1. The van der Waals surface area contributed by atoms with Crippen LogP contribution in [0.25, 0.3) is 0 Å². The molecule has 138 valence electrons. The first-order chi connectivity index (χ1) is 12.5. The molecule has 0 saturated carbocycles. The van der Waals surface area contributed by atoms with E-state index in [4.69, 9.17) is 0 Å². The summed E-state index contributed by atoms with van der Waals surface area (Å²) in [5, 5.41) is 2.89. The largest absolute Gasteiger partial charge is 0.325 e. The lowest BCUT2D eigenvalue weighted by atomic mass is 10.2. The number of carbonyl (C=O) groups excluding carboxylic acids is 1. The molecule has 0 radical (unpaired) electrons. The van der Waals surface area contributed by atoms with Crippen LogP contribution in [0.1, 0.15) is 6.92 Å². The number of para-hydroxylation sites is 1. The standard InChI is InChI=1S/C19H23N3O3S/c1-16(19(23)20-17-8-4-2-5-9-17)21-12-14-22(15-13-21)26(24,25)18-10-6-3-7-11-18/h2-11,16H,12-15H2,1H3,(H,20,23)/t16-/m1/s1. The van der Waals surface area contributed by atoms with Crippen LogP contribution in [0.2, 0.25) is 0 Å². The van der Waals surface area contributed by atoms with Crippen molar-refractivity contribution in [1.82, 2.24) is 9.21 Å². The molecule has 1 N–H and O–H groups in total. The Balaban J connectivity index is 1.59. The lowest BCUT2D eigenvalue weighted by molar-refractivity contribution is -0.121. The van der Waals surface area contributed by atoms with E-state index in [2.05, 4.69) is 5.32 Å². The van der Waals surface area contributed by atoms with Crippen molar-refractivity contribution in [3.05, 3.63) is 60.7 Å². The van der Waals surface area contributed by atoms with Crippen molar-refractivity contribution < 1.29 is 13.2 Å². The van der Waals surface area contributed by atoms with Gasteiger partial charge in [-0.15, -0.1) is 0 Å². The highest BCUT2D eigenvalue weighted by Gasteiger charge is 2.31. The van der Waals surface area contributed by atoms with Crippen LogP contribution in [-0.4, -0.2) is 55.8 Å². The van der Waals surface area contributed by atoms with Gasteiger partial charge >= 0.3 is 0 Å². The molecular weight excluding hydrogens is 350 g/mol. The number of carbonyl (C=O) groups is 1. The first kappa shape index (κ1) is 18.6. The zero-order chi connectivity index (χ0) is 18.6. The second-order valence-corrected chi connectivity index (χ2v) is 8.22. The van der Waals surface area contributed by atoms with Crippen LogP contribution < -0.4 is 5.32 Å². The highest BCUT2D eigenvalue weighted by molar-refractivity contribution is 7.89. The van der Waals surface area contributed by atoms with E-state index < -0.39 is 10.0 Å². The summed E-state index contributed by atoms with van der Waals surface area (Å²) in [5.74, 6) is -0.0874. The molecule has 0 bridgehead atoms. The highest BCUT2D eigenvalue weighted by Crippen LogP contribution is 2.18. The van der Waals surface area contributed by atoms with Crippen LogP contribution in [0.5, 0.6) is 0 Å². The summed E-state index contributed by atoms with van der Waals surface area (Å²) in [4.78, 5) is 14.7. The molecule has 26 heavy (non-hydrogen) atoms. The Morgan fingerprint density at radius 2 is 1.46 bits per heavy atom. The summed E-state index contributed by atoms with van der Waals surface area (Å²) in [6.45, 7) is 3.64. The molecule has 7 heteroatoms. The van der Waals surface area contributed by atoms with Crippen molar-refractivity contribution in [1.29, 1.82) is 0 Å². The Morgan fingerprint density at radius 3 is 2.04 bits per heavy atom.